The zero-order valence-corrected chi connectivity index (χ0v) is 12.1. The summed E-state index contributed by atoms with van der Waals surface area (Å²) in [4.78, 5) is 4.19. The lowest BCUT2D eigenvalue weighted by atomic mass is 9.84. The smallest absolute Gasteiger partial charge is 0.0828 e. The first kappa shape index (κ1) is 15.1. The second-order valence-corrected chi connectivity index (χ2v) is 4.65. The van der Waals surface area contributed by atoms with Crippen molar-refractivity contribution in [2.45, 2.75) is 51.7 Å². The van der Waals surface area contributed by atoms with Gasteiger partial charge >= 0.3 is 0 Å². The van der Waals surface area contributed by atoms with Crippen LogP contribution in [0.25, 0.3) is 0 Å². The van der Waals surface area contributed by atoms with Crippen LogP contribution in [0.3, 0.4) is 0 Å². The third-order valence-corrected chi connectivity index (χ3v) is 3.85. The van der Waals surface area contributed by atoms with Crippen LogP contribution in [-0.2, 0) is 11.2 Å². The van der Waals surface area contributed by atoms with Crippen molar-refractivity contribution >= 4 is 0 Å². The monoisotopic (exact) mass is 250 g/mol. The number of pyridine rings is 1. The van der Waals surface area contributed by atoms with Gasteiger partial charge in [-0.2, -0.15) is 0 Å². The minimum Gasteiger partial charge on any atom is -0.377 e. The molecule has 1 atom stereocenters. The molecule has 1 unspecified atom stereocenters. The van der Waals surface area contributed by atoms with Crippen molar-refractivity contribution in [2.24, 2.45) is 0 Å². The zero-order valence-electron chi connectivity index (χ0n) is 12.1. The number of likely N-dealkylation sites (N-methyl/N-ethyl adjacent to an activating group) is 1. The summed E-state index contributed by atoms with van der Waals surface area (Å²) in [5, 5.41) is 3.57. The van der Waals surface area contributed by atoms with Crippen LogP contribution in [0.1, 0.15) is 39.2 Å². The molecule has 0 aromatic carbocycles. The van der Waals surface area contributed by atoms with Gasteiger partial charge in [0.15, 0.2) is 0 Å². The molecule has 1 aromatic rings. The largest absolute Gasteiger partial charge is 0.377 e. The second kappa shape index (κ2) is 7.49. The van der Waals surface area contributed by atoms with Crippen molar-refractivity contribution in [1.29, 1.82) is 0 Å². The fraction of sp³-hybridized carbons (Fsp3) is 0.667. The molecule has 0 aliphatic heterocycles. The van der Waals surface area contributed by atoms with E-state index >= 15 is 0 Å². The number of ether oxygens (including phenoxy) is 1. The van der Waals surface area contributed by atoms with Gasteiger partial charge in [-0.25, -0.2) is 0 Å². The highest BCUT2D eigenvalue weighted by Gasteiger charge is 2.35. The summed E-state index contributed by atoms with van der Waals surface area (Å²) in [5.41, 5.74) is 1.16. The van der Waals surface area contributed by atoms with Gasteiger partial charge in [0.1, 0.15) is 0 Å². The Kier molecular flexibility index (Phi) is 6.30. The summed E-state index contributed by atoms with van der Waals surface area (Å²) in [6.07, 6.45) is 6.73. The molecule has 1 rings (SSSR count). The average molecular weight is 250 g/mol. The van der Waals surface area contributed by atoms with Crippen molar-refractivity contribution in [3.63, 3.8) is 0 Å². The number of nitrogens with zero attached hydrogens (tertiary/aromatic N) is 1. The fourth-order valence-electron chi connectivity index (χ4n) is 2.62. The summed E-state index contributed by atoms with van der Waals surface area (Å²) in [6.45, 7) is 7.49. The molecule has 0 aliphatic carbocycles. The molecule has 0 bridgehead atoms. The molecule has 0 aliphatic rings. The number of aromatic nitrogens is 1. The molecule has 1 N–H and O–H groups in total. The molecule has 0 saturated heterocycles. The molecule has 1 aromatic heterocycles. The Bertz CT molecular complexity index is 314. The first-order chi connectivity index (χ1) is 8.72. The van der Waals surface area contributed by atoms with Crippen LogP contribution in [0.2, 0.25) is 0 Å². The van der Waals surface area contributed by atoms with Gasteiger partial charge in [-0.15, -0.1) is 0 Å². The van der Waals surface area contributed by atoms with Crippen LogP contribution in [0.15, 0.2) is 24.5 Å². The Morgan fingerprint density at radius 1 is 1.33 bits per heavy atom. The first-order valence-electron chi connectivity index (χ1n) is 6.89. The quantitative estimate of drug-likeness (QED) is 0.770. The lowest BCUT2D eigenvalue weighted by Crippen LogP contribution is -2.52. The predicted octanol–water partition coefficient (Wildman–Crippen LogP) is 2.81. The number of hydrogen-bond acceptors (Lipinski definition) is 3. The maximum Gasteiger partial charge on any atom is 0.0828 e. The standard InChI is InChI=1S/C15H26N2O/c1-5-15(6-2,18-4)14(17-7-3)11-13-9-8-10-16-12-13/h8-10,12,14,17H,5-7,11H2,1-4H3. The second-order valence-electron chi connectivity index (χ2n) is 4.65. The van der Waals surface area contributed by atoms with Gasteiger partial charge in [-0.05, 0) is 37.4 Å². The van der Waals surface area contributed by atoms with Crippen molar-refractivity contribution < 1.29 is 4.74 Å². The number of methoxy groups -OCH3 is 1. The van der Waals surface area contributed by atoms with Gasteiger partial charge in [0, 0.05) is 25.5 Å². The lowest BCUT2D eigenvalue weighted by Gasteiger charge is -2.39. The first-order valence-corrected chi connectivity index (χ1v) is 6.89. The van der Waals surface area contributed by atoms with Crippen LogP contribution < -0.4 is 5.32 Å². The molecular formula is C15H26N2O. The van der Waals surface area contributed by atoms with Crippen LogP contribution in [0.5, 0.6) is 0 Å². The molecule has 3 nitrogen and oxygen atoms in total. The van der Waals surface area contributed by atoms with Gasteiger partial charge in [-0.1, -0.05) is 26.8 Å². The van der Waals surface area contributed by atoms with E-state index in [2.05, 4.69) is 37.1 Å². The summed E-state index contributed by atoms with van der Waals surface area (Å²) in [7, 11) is 1.82. The van der Waals surface area contributed by atoms with Gasteiger partial charge < -0.3 is 10.1 Å². The van der Waals surface area contributed by atoms with Gasteiger partial charge in [-0.3, -0.25) is 4.98 Å². The van der Waals surface area contributed by atoms with E-state index in [-0.39, 0.29) is 5.60 Å². The van der Waals surface area contributed by atoms with E-state index in [0.717, 1.165) is 25.8 Å². The number of rotatable bonds is 8. The topological polar surface area (TPSA) is 34.2 Å². The Balaban J connectivity index is 2.87. The summed E-state index contributed by atoms with van der Waals surface area (Å²) in [5.74, 6) is 0. The molecular weight excluding hydrogens is 224 g/mol. The predicted molar refractivity (Wildman–Crippen MR) is 75.7 cm³/mol. The van der Waals surface area contributed by atoms with E-state index in [1.165, 1.54) is 5.56 Å². The summed E-state index contributed by atoms with van der Waals surface area (Å²) >= 11 is 0. The number of nitrogens with one attached hydrogen (secondary N) is 1. The van der Waals surface area contributed by atoms with E-state index in [1.54, 1.807) is 0 Å². The molecule has 102 valence electrons. The third kappa shape index (κ3) is 3.53. The summed E-state index contributed by atoms with van der Waals surface area (Å²) in [6, 6.07) is 4.44. The van der Waals surface area contributed by atoms with E-state index in [9.17, 15) is 0 Å². The van der Waals surface area contributed by atoms with Crippen molar-refractivity contribution in [3.05, 3.63) is 30.1 Å². The Morgan fingerprint density at radius 3 is 2.50 bits per heavy atom. The van der Waals surface area contributed by atoms with Crippen LogP contribution in [0, 0.1) is 0 Å². The van der Waals surface area contributed by atoms with Crippen molar-refractivity contribution in [2.75, 3.05) is 13.7 Å². The molecule has 1 heterocycles. The maximum atomic E-state index is 5.84. The molecule has 0 fully saturated rings. The van der Waals surface area contributed by atoms with E-state index < -0.39 is 0 Å². The van der Waals surface area contributed by atoms with E-state index in [0.29, 0.717) is 6.04 Å². The van der Waals surface area contributed by atoms with Crippen LogP contribution in [0.4, 0.5) is 0 Å². The minimum absolute atomic E-state index is 0.0914. The SMILES string of the molecule is CCNC(Cc1cccnc1)C(CC)(CC)OC. The highest BCUT2D eigenvalue weighted by molar-refractivity contribution is 5.12. The molecule has 0 spiro atoms. The maximum absolute atomic E-state index is 5.84. The van der Waals surface area contributed by atoms with Crippen molar-refractivity contribution in [1.82, 2.24) is 10.3 Å². The van der Waals surface area contributed by atoms with Gasteiger partial charge in [0.25, 0.3) is 0 Å². The molecule has 0 amide bonds. The Morgan fingerprint density at radius 2 is 2.06 bits per heavy atom. The third-order valence-electron chi connectivity index (χ3n) is 3.85. The van der Waals surface area contributed by atoms with Gasteiger partial charge in [0.05, 0.1) is 5.60 Å². The minimum atomic E-state index is -0.0914. The van der Waals surface area contributed by atoms with Gasteiger partial charge in [0.2, 0.25) is 0 Å². The fourth-order valence-corrected chi connectivity index (χ4v) is 2.62. The summed E-state index contributed by atoms with van der Waals surface area (Å²) < 4.78 is 5.84. The number of hydrogen-bond donors (Lipinski definition) is 1. The zero-order chi connectivity index (χ0) is 13.4. The normalized spacial score (nSPS) is 13.6. The molecule has 0 saturated carbocycles. The highest BCUT2D eigenvalue weighted by Crippen LogP contribution is 2.26. The van der Waals surface area contributed by atoms with Crippen LogP contribution in [-0.4, -0.2) is 30.3 Å². The molecule has 18 heavy (non-hydrogen) atoms. The Labute approximate surface area is 111 Å². The van der Waals surface area contributed by atoms with E-state index in [4.69, 9.17) is 4.74 Å². The van der Waals surface area contributed by atoms with E-state index in [1.807, 2.05) is 25.6 Å². The highest BCUT2D eigenvalue weighted by atomic mass is 16.5. The molecule has 3 heteroatoms. The lowest BCUT2D eigenvalue weighted by molar-refractivity contribution is -0.0468. The molecule has 0 radical (unpaired) electrons. The Hall–Kier alpha value is -0.930. The van der Waals surface area contributed by atoms with Crippen molar-refractivity contribution in [3.8, 4) is 0 Å². The average Bonchev–Trinajstić information content (AvgIpc) is 2.43. The van der Waals surface area contributed by atoms with Crippen LogP contribution >= 0.6 is 0 Å².